The van der Waals surface area contributed by atoms with E-state index < -0.39 is 12.0 Å². The second-order valence-electron chi connectivity index (χ2n) is 7.74. The van der Waals surface area contributed by atoms with Gasteiger partial charge in [-0.05, 0) is 35.8 Å². The summed E-state index contributed by atoms with van der Waals surface area (Å²) < 4.78 is 0. The van der Waals surface area contributed by atoms with Crippen molar-refractivity contribution in [1.82, 2.24) is 9.80 Å². The third-order valence-electron chi connectivity index (χ3n) is 5.94. The zero-order chi connectivity index (χ0) is 19.6. The highest BCUT2D eigenvalue weighted by Gasteiger charge is 2.49. The molecule has 2 aliphatic rings. The van der Waals surface area contributed by atoms with Gasteiger partial charge in [-0.3, -0.25) is 9.59 Å². The molecule has 7 heteroatoms. The normalized spacial score (nSPS) is 21.5. The van der Waals surface area contributed by atoms with Gasteiger partial charge in [0, 0.05) is 26.6 Å². The predicted molar refractivity (Wildman–Crippen MR) is 97.7 cm³/mol. The van der Waals surface area contributed by atoms with E-state index in [1.807, 2.05) is 29.2 Å². The first kappa shape index (κ1) is 19.4. The summed E-state index contributed by atoms with van der Waals surface area (Å²) in [5.74, 6) is -1.10. The summed E-state index contributed by atoms with van der Waals surface area (Å²) >= 11 is 0. The van der Waals surface area contributed by atoms with E-state index in [0.717, 1.165) is 24.0 Å². The summed E-state index contributed by atoms with van der Waals surface area (Å²) in [5, 5.41) is 18.5. The molecule has 1 aromatic rings. The van der Waals surface area contributed by atoms with E-state index in [-0.39, 0.29) is 23.8 Å². The maximum absolute atomic E-state index is 12.6. The van der Waals surface area contributed by atoms with Crippen LogP contribution in [-0.2, 0) is 27.4 Å². The zero-order valence-electron chi connectivity index (χ0n) is 15.6. The van der Waals surface area contributed by atoms with Crippen molar-refractivity contribution in [2.45, 2.75) is 45.3 Å². The molecule has 0 aromatic heterocycles. The highest BCUT2D eigenvalue weighted by molar-refractivity contribution is 5.83. The number of likely N-dealkylation sites (tertiary alicyclic amines) is 2. The number of aliphatic carboxylic acids is 1. The van der Waals surface area contributed by atoms with Gasteiger partial charge in [-0.15, -0.1) is 0 Å². The standard InChI is InChI=1S/C20H26N2O5/c1-14(24)22-13-20(11-17(22)19(26)27)6-8-21(9-7-20)18(25)10-15-2-4-16(12-23)5-3-15/h2-5,17,23H,6-13H2,1H3,(H,26,27). The largest absolute Gasteiger partial charge is 0.480 e. The van der Waals surface area contributed by atoms with Crippen LogP contribution in [-0.4, -0.2) is 63.5 Å². The van der Waals surface area contributed by atoms with E-state index >= 15 is 0 Å². The smallest absolute Gasteiger partial charge is 0.326 e. The first-order chi connectivity index (χ1) is 12.8. The van der Waals surface area contributed by atoms with Crippen LogP contribution in [0.3, 0.4) is 0 Å². The average molecular weight is 374 g/mol. The number of aliphatic hydroxyl groups excluding tert-OH is 1. The van der Waals surface area contributed by atoms with Crippen molar-refractivity contribution in [3.63, 3.8) is 0 Å². The Bertz CT molecular complexity index is 698. The molecule has 1 atom stereocenters. The van der Waals surface area contributed by atoms with Gasteiger partial charge < -0.3 is 20.0 Å². The Kier molecular flexibility index (Phi) is 5.51. The number of carboxylic acids is 1. The first-order valence-electron chi connectivity index (χ1n) is 9.30. The van der Waals surface area contributed by atoms with Gasteiger partial charge in [0.2, 0.25) is 11.8 Å². The maximum Gasteiger partial charge on any atom is 0.326 e. The van der Waals surface area contributed by atoms with Gasteiger partial charge in [0.05, 0.1) is 13.0 Å². The molecule has 0 radical (unpaired) electrons. The van der Waals surface area contributed by atoms with E-state index in [1.54, 1.807) is 0 Å². The van der Waals surface area contributed by atoms with Crippen molar-refractivity contribution in [2.24, 2.45) is 5.41 Å². The molecule has 146 valence electrons. The molecule has 2 N–H and O–H groups in total. The lowest BCUT2D eigenvalue weighted by Crippen LogP contribution is -2.45. The van der Waals surface area contributed by atoms with Crippen LogP contribution in [0.2, 0.25) is 0 Å². The van der Waals surface area contributed by atoms with Gasteiger partial charge in [-0.25, -0.2) is 4.79 Å². The van der Waals surface area contributed by atoms with Gasteiger partial charge in [0.1, 0.15) is 6.04 Å². The zero-order valence-corrected chi connectivity index (χ0v) is 15.6. The van der Waals surface area contributed by atoms with Crippen molar-refractivity contribution in [2.75, 3.05) is 19.6 Å². The Balaban J connectivity index is 1.58. The van der Waals surface area contributed by atoms with Crippen LogP contribution in [0.4, 0.5) is 0 Å². The highest BCUT2D eigenvalue weighted by atomic mass is 16.4. The molecule has 2 amide bonds. The summed E-state index contributed by atoms with van der Waals surface area (Å²) in [6, 6.07) is 6.58. The Morgan fingerprint density at radius 2 is 1.70 bits per heavy atom. The van der Waals surface area contributed by atoms with Crippen molar-refractivity contribution in [3.05, 3.63) is 35.4 Å². The van der Waals surface area contributed by atoms with Gasteiger partial charge in [0.25, 0.3) is 0 Å². The van der Waals surface area contributed by atoms with Crippen LogP contribution in [0.1, 0.15) is 37.3 Å². The van der Waals surface area contributed by atoms with Crippen LogP contribution in [0.5, 0.6) is 0 Å². The number of carbonyl (C=O) groups excluding carboxylic acids is 2. The first-order valence-corrected chi connectivity index (χ1v) is 9.30. The number of rotatable bonds is 4. The lowest BCUT2D eigenvalue weighted by atomic mass is 9.76. The molecular weight excluding hydrogens is 348 g/mol. The van der Waals surface area contributed by atoms with Crippen LogP contribution in [0, 0.1) is 5.41 Å². The van der Waals surface area contributed by atoms with E-state index in [1.165, 1.54) is 11.8 Å². The predicted octanol–water partition coefficient (Wildman–Crippen LogP) is 1.04. The summed E-state index contributed by atoms with van der Waals surface area (Å²) in [6.07, 6.45) is 2.22. The summed E-state index contributed by atoms with van der Waals surface area (Å²) in [7, 11) is 0. The molecule has 1 unspecified atom stereocenters. The fraction of sp³-hybridized carbons (Fsp3) is 0.550. The number of hydrogen-bond donors (Lipinski definition) is 2. The second-order valence-corrected chi connectivity index (χ2v) is 7.74. The van der Waals surface area contributed by atoms with Crippen molar-refractivity contribution in [3.8, 4) is 0 Å². The summed E-state index contributed by atoms with van der Waals surface area (Å²) in [6.45, 7) is 3.04. The molecule has 7 nitrogen and oxygen atoms in total. The SMILES string of the molecule is CC(=O)N1CC2(CCN(C(=O)Cc3ccc(CO)cc3)CC2)CC1C(=O)O. The number of carboxylic acid groups (broad SMARTS) is 1. The molecule has 0 bridgehead atoms. The number of hydrogen-bond acceptors (Lipinski definition) is 4. The van der Waals surface area contributed by atoms with Gasteiger partial charge in [-0.2, -0.15) is 0 Å². The molecule has 1 spiro atoms. The topological polar surface area (TPSA) is 98.2 Å². The Hall–Kier alpha value is -2.41. The lowest BCUT2D eigenvalue weighted by Gasteiger charge is -2.39. The highest BCUT2D eigenvalue weighted by Crippen LogP contribution is 2.43. The molecule has 0 saturated carbocycles. The minimum Gasteiger partial charge on any atom is -0.480 e. The third kappa shape index (κ3) is 4.13. The molecular formula is C20H26N2O5. The molecule has 27 heavy (non-hydrogen) atoms. The fourth-order valence-corrected chi connectivity index (χ4v) is 4.25. The van der Waals surface area contributed by atoms with E-state index in [0.29, 0.717) is 32.5 Å². The Morgan fingerprint density at radius 3 is 2.19 bits per heavy atom. The minimum atomic E-state index is -0.952. The number of carbonyl (C=O) groups is 3. The van der Waals surface area contributed by atoms with Crippen LogP contribution in [0.15, 0.2) is 24.3 Å². The molecule has 2 fully saturated rings. The number of nitrogens with zero attached hydrogens (tertiary/aromatic N) is 2. The molecule has 2 heterocycles. The Labute approximate surface area is 158 Å². The molecule has 0 aliphatic carbocycles. The monoisotopic (exact) mass is 374 g/mol. The van der Waals surface area contributed by atoms with E-state index in [4.69, 9.17) is 5.11 Å². The summed E-state index contributed by atoms with van der Waals surface area (Å²) in [4.78, 5) is 39.2. The molecule has 2 aliphatic heterocycles. The van der Waals surface area contributed by atoms with Crippen LogP contribution < -0.4 is 0 Å². The van der Waals surface area contributed by atoms with Crippen molar-refractivity contribution in [1.29, 1.82) is 0 Å². The van der Waals surface area contributed by atoms with Crippen LogP contribution in [0.25, 0.3) is 0 Å². The quantitative estimate of drug-likeness (QED) is 0.820. The average Bonchev–Trinajstić information content (AvgIpc) is 3.03. The third-order valence-corrected chi connectivity index (χ3v) is 5.94. The Morgan fingerprint density at radius 1 is 1.11 bits per heavy atom. The number of aliphatic hydroxyl groups is 1. The number of piperidine rings is 1. The lowest BCUT2D eigenvalue weighted by molar-refractivity contribution is -0.147. The van der Waals surface area contributed by atoms with Gasteiger partial charge >= 0.3 is 5.97 Å². The fourth-order valence-electron chi connectivity index (χ4n) is 4.25. The second kappa shape index (κ2) is 7.68. The van der Waals surface area contributed by atoms with Gasteiger partial charge in [-0.1, -0.05) is 24.3 Å². The summed E-state index contributed by atoms with van der Waals surface area (Å²) in [5.41, 5.74) is 1.52. The van der Waals surface area contributed by atoms with Crippen molar-refractivity contribution >= 4 is 17.8 Å². The van der Waals surface area contributed by atoms with E-state index in [2.05, 4.69) is 0 Å². The maximum atomic E-state index is 12.6. The van der Waals surface area contributed by atoms with E-state index in [9.17, 15) is 19.5 Å². The number of amides is 2. The minimum absolute atomic E-state index is 0.0168. The van der Waals surface area contributed by atoms with Gasteiger partial charge in [0.15, 0.2) is 0 Å². The number of benzene rings is 1. The van der Waals surface area contributed by atoms with Crippen molar-refractivity contribution < 1.29 is 24.6 Å². The van der Waals surface area contributed by atoms with Crippen LogP contribution >= 0.6 is 0 Å². The molecule has 1 aromatic carbocycles. The molecule has 2 saturated heterocycles. The molecule has 3 rings (SSSR count).